The summed E-state index contributed by atoms with van der Waals surface area (Å²) < 4.78 is 23.1. The molecule has 0 radical (unpaired) electrons. The van der Waals surface area contributed by atoms with Crippen LogP contribution < -0.4 is 10.2 Å². The first kappa shape index (κ1) is 49.0. The molecule has 0 aromatic rings. The van der Waals surface area contributed by atoms with Crippen molar-refractivity contribution in [1.29, 1.82) is 0 Å². The van der Waals surface area contributed by atoms with Gasteiger partial charge in [0.2, 0.25) is 5.91 Å². The average molecular weight is 729 g/mol. The molecule has 9 heteroatoms. The molecule has 8 nitrogen and oxygen atoms in total. The van der Waals surface area contributed by atoms with Crippen molar-refractivity contribution in [2.24, 2.45) is 0 Å². The summed E-state index contributed by atoms with van der Waals surface area (Å²) in [5.74, 6) is -0.208. The summed E-state index contributed by atoms with van der Waals surface area (Å²) in [7, 11) is 1.25. The number of rotatable bonds is 37. The number of nitrogens with zero attached hydrogens (tertiary/aromatic N) is 1. The zero-order valence-electron chi connectivity index (χ0n) is 33.4. The van der Waals surface area contributed by atoms with E-state index in [2.05, 4.69) is 31.3 Å². The third-order valence-electron chi connectivity index (χ3n) is 9.16. The number of phosphoric ester groups is 1. The van der Waals surface area contributed by atoms with Gasteiger partial charge in [0.1, 0.15) is 13.2 Å². The van der Waals surface area contributed by atoms with Gasteiger partial charge < -0.3 is 28.8 Å². The number of amides is 1. The van der Waals surface area contributed by atoms with Crippen molar-refractivity contribution >= 4 is 13.7 Å². The number of hydrogen-bond donors (Lipinski definition) is 2. The number of allylic oxidation sites excluding steroid dienone is 3. The molecule has 0 aliphatic heterocycles. The third-order valence-corrected chi connectivity index (χ3v) is 10.1. The Morgan fingerprint density at radius 3 is 1.62 bits per heavy atom. The Morgan fingerprint density at radius 1 is 0.680 bits per heavy atom. The number of carbonyl (C=O) groups is 1. The van der Waals surface area contributed by atoms with Crippen LogP contribution in [-0.4, -0.2) is 68.5 Å². The van der Waals surface area contributed by atoms with Gasteiger partial charge in [0.15, 0.2) is 0 Å². The third kappa shape index (κ3) is 35.4. The summed E-state index contributed by atoms with van der Waals surface area (Å²) in [6.45, 7) is 4.61. The van der Waals surface area contributed by atoms with Crippen LogP contribution in [0.4, 0.5) is 0 Å². The van der Waals surface area contributed by atoms with Crippen molar-refractivity contribution < 1.29 is 32.9 Å². The second kappa shape index (κ2) is 33.8. The number of quaternary nitrogens is 1. The Kier molecular flexibility index (Phi) is 33.1. The van der Waals surface area contributed by atoms with E-state index in [9.17, 15) is 19.4 Å². The van der Waals surface area contributed by atoms with E-state index >= 15 is 0 Å². The van der Waals surface area contributed by atoms with Crippen molar-refractivity contribution in [1.82, 2.24) is 5.32 Å². The van der Waals surface area contributed by atoms with Crippen LogP contribution in [0.15, 0.2) is 24.3 Å². The van der Waals surface area contributed by atoms with E-state index in [0.717, 1.165) is 38.5 Å². The van der Waals surface area contributed by atoms with Gasteiger partial charge in [0.25, 0.3) is 7.82 Å². The second-order valence-corrected chi connectivity index (χ2v) is 16.8. The maximum atomic E-state index is 12.8. The quantitative estimate of drug-likeness (QED) is 0.0285. The van der Waals surface area contributed by atoms with Crippen LogP contribution in [0.2, 0.25) is 0 Å². The fourth-order valence-corrected chi connectivity index (χ4v) is 6.54. The molecular weight excluding hydrogens is 647 g/mol. The lowest BCUT2D eigenvalue weighted by Crippen LogP contribution is -2.45. The van der Waals surface area contributed by atoms with E-state index < -0.39 is 20.0 Å². The average Bonchev–Trinajstić information content (AvgIpc) is 3.06. The predicted octanol–water partition coefficient (Wildman–Crippen LogP) is 10.3. The predicted molar refractivity (Wildman–Crippen MR) is 210 cm³/mol. The highest BCUT2D eigenvalue weighted by molar-refractivity contribution is 7.45. The largest absolute Gasteiger partial charge is 0.756 e. The topological polar surface area (TPSA) is 108 Å². The molecule has 296 valence electrons. The molecule has 0 saturated heterocycles. The van der Waals surface area contributed by atoms with E-state index in [4.69, 9.17) is 9.05 Å². The number of nitrogens with one attached hydrogen (secondary N) is 1. The van der Waals surface area contributed by atoms with Gasteiger partial charge in [0, 0.05) is 6.42 Å². The highest BCUT2D eigenvalue weighted by Crippen LogP contribution is 2.38. The van der Waals surface area contributed by atoms with Crippen LogP contribution in [0.1, 0.15) is 181 Å². The Balaban J connectivity index is 4.53. The molecule has 0 rings (SSSR count). The zero-order valence-corrected chi connectivity index (χ0v) is 34.2. The van der Waals surface area contributed by atoms with Crippen LogP contribution in [0.5, 0.6) is 0 Å². The molecule has 0 spiro atoms. The summed E-state index contributed by atoms with van der Waals surface area (Å²) in [5.41, 5.74) is 0. The van der Waals surface area contributed by atoms with Gasteiger partial charge >= 0.3 is 0 Å². The lowest BCUT2D eigenvalue weighted by Gasteiger charge is -2.29. The van der Waals surface area contributed by atoms with Crippen LogP contribution in [0, 0.1) is 0 Å². The molecule has 0 saturated carbocycles. The van der Waals surface area contributed by atoms with Crippen LogP contribution in [0.3, 0.4) is 0 Å². The molecule has 50 heavy (non-hydrogen) atoms. The maximum Gasteiger partial charge on any atom is 0.268 e. The van der Waals surface area contributed by atoms with E-state index in [1.165, 1.54) is 122 Å². The zero-order chi connectivity index (χ0) is 37.2. The van der Waals surface area contributed by atoms with E-state index in [-0.39, 0.29) is 19.1 Å². The van der Waals surface area contributed by atoms with Gasteiger partial charge in [-0.1, -0.05) is 167 Å². The first-order chi connectivity index (χ1) is 24.0. The van der Waals surface area contributed by atoms with Crippen molar-refractivity contribution in [3.05, 3.63) is 24.3 Å². The smallest absolute Gasteiger partial charge is 0.268 e. The first-order valence-corrected chi connectivity index (χ1v) is 22.2. The summed E-state index contributed by atoms with van der Waals surface area (Å²) in [5, 5.41) is 13.7. The Bertz CT molecular complexity index is 876. The number of aliphatic hydroxyl groups excluding tert-OH is 1. The number of unbranched alkanes of at least 4 members (excludes halogenated alkanes) is 22. The molecule has 2 N–H and O–H groups in total. The summed E-state index contributed by atoms with van der Waals surface area (Å²) in [4.78, 5) is 25.2. The van der Waals surface area contributed by atoms with Gasteiger partial charge in [-0.3, -0.25) is 9.36 Å². The molecule has 0 aromatic carbocycles. The molecule has 0 heterocycles. The van der Waals surface area contributed by atoms with Crippen LogP contribution in [-0.2, 0) is 18.4 Å². The Labute approximate surface area is 309 Å². The van der Waals surface area contributed by atoms with Gasteiger partial charge in [-0.2, -0.15) is 0 Å². The molecule has 0 aromatic heterocycles. The minimum atomic E-state index is -4.59. The lowest BCUT2D eigenvalue weighted by molar-refractivity contribution is -0.870. The van der Waals surface area contributed by atoms with Gasteiger partial charge in [0.05, 0.1) is 39.9 Å². The molecule has 0 fully saturated rings. The standard InChI is InChI=1S/C41H81N2O6P/c1-6-8-10-12-14-16-18-20-21-23-24-26-28-30-32-34-40(44)39(38-49-50(46,47)48-37-36-43(3,4)5)42-41(45)35-33-31-29-27-25-22-19-17-15-13-11-9-7-2/h24,26,32,34,39-40,44H,6-23,25,27-31,33,35-38H2,1-5H3,(H-,42,45,46,47)/b26-24+,34-32+/t39-,40+/m0/s1. The van der Waals surface area contributed by atoms with Crippen molar-refractivity contribution in [2.75, 3.05) is 40.9 Å². The summed E-state index contributed by atoms with van der Waals surface area (Å²) in [6.07, 6.45) is 37.9. The highest BCUT2D eigenvalue weighted by atomic mass is 31.2. The number of likely N-dealkylation sites (N-methyl/N-ethyl adjacent to an activating group) is 1. The lowest BCUT2D eigenvalue weighted by atomic mass is 10.0. The van der Waals surface area contributed by atoms with Crippen molar-refractivity contribution in [3.63, 3.8) is 0 Å². The normalized spacial score (nSPS) is 14.8. The number of hydrogen-bond acceptors (Lipinski definition) is 6. The molecule has 3 atom stereocenters. The molecular formula is C41H81N2O6P. The van der Waals surface area contributed by atoms with Gasteiger partial charge in [-0.25, -0.2) is 0 Å². The van der Waals surface area contributed by atoms with Gasteiger partial charge in [-0.05, 0) is 32.1 Å². The van der Waals surface area contributed by atoms with E-state index in [1.807, 2.05) is 27.2 Å². The molecule has 0 aliphatic rings. The van der Waals surface area contributed by atoms with Crippen molar-refractivity contribution in [2.45, 2.75) is 193 Å². The van der Waals surface area contributed by atoms with Crippen molar-refractivity contribution in [3.8, 4) is 0 Å². The second-order valence-electron chi connectivity index (χ2n) is 15.3. The van der Waals surface area contributed by atoms with E-state index in [0.29, 0.717) is 17.4 Å². The maximum absolute atomic E-state index is 12.8. The van der Waals surface area contributed by atoms with Crippen LogP contribution in [0.25, 0.3) is 0 Å². The van der Waals surface area contributed by atoms with E-state index in [1.54, 1.807) is 6.08 Å². The minimum Gasteiger partial charge on any atom is -0.756 e. The SMILES string of the molecule is CCCCCCCCCCC/C=C/CC/C=C/[C@@H](O)[C@H](COP(=O)([O-])OCC[N+](C)(C)C)NC(=O)CCCCCCCCCCCCCCC. The monoisotopic (exact) mass is 729 g/mol. The van der Waals surface area contributed by atoms with Gasteiger partial charge in [-0.15, -0.1) is 0 Å². The summed E-state index contributed by atoms with van der Waals surface area (Å²) in [6, 6.07) is -0.896. The number of phosphoric acid groups is 1. The van der Waals surface area contributed by atoms with Crippen LogP contribution >= 0.6 is 7.82 Å². The molecule has 0 aliphatic carbocycles. The fourth-order valence-electron chi connectivity index (χ4n) is 5.81. The Hall–Kier alpha value is -1.02. The minimum absolute atomic E-state index is 0.00451. The fraction of sp³-hybridized carbons (Fsp3) is 0.878. The Morgan fingerprint density at radius 2 is 1.12 bits per heavy atom. The molecule has 0 bridgehead atoms. The highest BCUT2D eigenvalue weighted by Gasteiger charge is 2.23. The molecule has 1 amide bonds. The summed E-state index contributed by atoms with van der Waals surface area (Å²) >= 11 is 0. The first-order valence-electron chi connectivity index (χ1n) is 20.7. The molecule has 1 unspecified atom stereocenters. The number of aliphatic hydroxyl groups is 1. The number of carbonyl (C=O) groups excluding carboxylic acids is 1.